The molecule has 0 unspecified atom stereocenters. The summed E-state index contributed by atoms with van der Waals surface area (Å²) in [6.07, 6.45) is 1.54. The first-order chi connectivity index (χ1) is 9.86. The average Bonchev–Trinajstić information content (AvgIpc) is 2.78. The van der Waals surface area contributed by atoms with Crippen LogP contribution in [0.15, 0.2) is 20.0 Å². The highest BCUT2D eigenvalue weighted by Gasteiger charge is 2.22. The first-order valence-electron chi connectivity index (χ1n) is 6.87. The van der Waals surface area contributed by atoms with Gasteiger partial charge in [-0.2, -0.15) is 0 Å². The number of furan rings is 1. The normalized spacial score (nSPS) is 12.2. The standard InChI is InChI=1S/C13H23BrN2O4S/c1-10(2)15-9-11-8-12(13(14)20-11)21(17,18)16-6-4-5-7-19-3/h8,10,15-16H,4-7,9H2,1-3H3. The number of hydrogen-bond acceptors (Lipinski definition) is 5. The zero-order valence-electron chi connectivity index (χ0n) is 12.6. The molecule has 2 N–H and O–H groups in total. The molecule has 0 aliphatic heterocycles. The van der Waals surface area contributed by atoms with E-state index in [2.05, 4.69) is 26.0 Å². The Morgan fingerprint density at radius 2 is 2.10 bits per heavy atom. The van der Waals surface area contributed by atoms with Gasteiger partial charge in [0.25, 0.3) is 0 Å². The second-order valence-electron chi connectivity index (χ2n) is 4.98. The summed E-state index contributed by atoms with van der Waals surface area (Å²) in [4.78, 5) is 0.134. The van der Waals surface area contributed by atoms with Crippen molar-refractivity contribution in [2.45, 2.75) is 44.2 Å². The van der Waals surface area contributed by atoms with E-state index in [0.29, 0.717) is 31.5 Å². The van der Waals surface area contributed by atoms with Crippen LogP contribution in [0.25, 0.3) is 0 Å². The van der Waals surface area contributed by atoms with Crippen molar-refractivity contribution in [3.8, 4) is 0 Å². The van der Waals surface area contributed by atoms with Crippen LogP contribution in [-0.2, 0) is 21.3 Å². The molecule has 0 aliphatic carbocycles. The first-order valence-corrected chi connectivity index (χ1v) is 9.14. The smallest absolute Gasteiger partial charge is 0.244 e. The molecule has 122 valence electrons. The zero-order chi connectivity index (χ0) is 15.9. The maximum absolute atomic E-state index is 12.2. The highest BCUT2D eigenvalue weighted by atomic mass is 79.9. The predicted molar refractivity (Wildman–Crippen MR) is 84.7 cm³/mol. The van der Waals surface area contributed by atoms with E-state index in [-0.39, 0.29) is 9.56 Å². The van der Waals surface area contributed by atoms with E-state index in [1.54, 1.807) is 7.11 Å². The number of rotatable bonds is 10. The fourth-order valence-corrected chi connectivity index (χ4v) is 3.70. The van der Waals surface area contributed by atoms with E-state index in [4.69, 9.17) is 9.15 Å². The lowest BCUT2D eigenvalue weighted by Gasteiger charge is -2.05. The van der Waals surface area contributed by atoms with Gasteiger partial charge in [0.05, 0.1) is 6.54 Å². The van der Waals surface area contributed by atoms with E-state index < -0.39 is 10.0 Å². The van der Waals surface area contributed by atoms with Gasteiger partial charge in [-0.3, -0.25) is 0 Å². The van der Waals surface area contributed by atoms with Gasteiger partial charge in [-0.1, -0.05) is 13.8 Å². The maximum atomic E-state index is 12.2. The fraction of sp³-hybridized carbons (Fsp3) is 0.692. The minimum Gasteiger partial charge on any atom is -0.452 e. The van der Waals surface area contributed by atoms with E-state index >= 15 is 0 Å². The van der Waals surface area contributed by atoms with Crippen molar-refractivity contribution in [1.82, 2.24) is 10.0 Å². The molecule has 0 aromatic carbocycles. The van der Waals surface area contributed by atoms with Crippen molar-refractivity contribution in [2.24, 2.45) is 0 Å². The Kier molecular flexibility index (Phi) is 7.89. The highest BCUT2D eigenvalue weighted by molar-refractivity contribution is 9.10. The third-order valence-electron chi connectivity index (χ3n) is 2.75. The number of ether oxygens (including phenoxy) is 1. The lowest BCUT2D eigenvalue weighted by Crippen LogP contribution is -2.25. The minimum atomic E-state index is -3.56. The Bertz CT molecular complexity index is 528. The Labute approximate surface area is 134 Å². The van der Waals surface area contributed by atoms with Crippen molar-refractivity contribution in [2.75, 3.05) is 20.3 Å². The van der Waals surface area contributed by atoms with Crippen LogP contribution in [-0.4, -0.2) is 34.7 Å². The van der Waals surface area contributed by atoms with E-state index in [1.807, 2.05) is 13.8 Å². The number of hydrogen-bond donors (Lipinski definition) is 2. The number of halogens is 1. The summed E-state index contributed by atoms with van der Waals surface area (Å²) >= 11 is 3.16. The number of unbranched alkanes of at least 4 members (excludes halogenated alkanes) is 1. The van der Waals surface area contributed by atoms with Crippen LogP contribution in [0.4, 0.5) is 0 Å². The molecule has 0 amide bonds. The molecule has 0 atom stereocenters. The largest absolute Gasteiger partial charge is 0.452 e. The third kappa shape index (κ3) is 6.48. The molecule has 0 saturated carbocycles. The third-order valence-corrected chi connectivity index (χ3v) is 5.07. The predicted octanol–water partition coefficient (Wildman–Crippen LogP) is 2.25. The molecule has 0 fully saturated rings. The molecule has 6 nitrogen and oxygen atoms in total. The van der Waals surface area contributed by atoms with Crippen LogP contribution in [0.3, 0.4) is 0 Å². The minimum absolute atomic E-state index is 0.134. The molecule has 0 saturated heterocycles. The van der Waals surface area contributed by atoms with Crippen molar-refractivity contribution in [3.05, 3.63) is 16.5 Å². The van der Waals surface area contributed by atoms with Gasteiger partial charge in [0.2, 0.25) is 10.0 Å². The molecule has 1 aromatic rings. The van der Waals surface area contributed by atoms with E-state index in [1.165, 1.54) is 6.07 Å². The summed E-state index contributed by atoms with van der Waals surface area (Å²) in [7, 11) is -1.93. The van der Waals surface area contributed by atoms with E-state index in [9.17, 15) is 8.42 Å². The molecule has 1 heterocycles. The van der Waals surface area contributed by atoms with Crippen molar-refractivity contribution in [1.29, 1.82) is 0 Å². The lowest BCUT2D eigenvalue weighted by atomic mass is 10.3. The molecule has 1 aromatic heterocycles. The summed E-state index contributed by atoms with van der Waals surface area (Å²) in [6, 6.07) is 1.84. The van der Waals surface area contributed by atoms with Crippen molar-refractivity contribution >= 4 is 26.0 Å². The number of nitrogens with one attached hydrogen (secondary N) is 2. The second-order valence-corrected chi connectivity index (χ2v) is 7.44. The summed E-state index contributed by atoms with van der Waals surface area (Å²) in [5.41, 5.74) is 0. The average molecular weight is 383 g/mol. The van der Waals surface area contributed by atoms with Crippen LogP contribution in [0.5, 0.6) is 0 Å². The Hall–Kier alpha value is -0.410. The highest BCUT2D eigenvalue weighted by Crippen LogP contribution is 2.26. The van der Waals surface area contributed by atoms with Crippen LogP contribution in [0.1, 0.15) is 32.4 Å². The van der Waals surface area contributed by atoms with Crippen LogP contribution in [0.2, 0.25) is 0 Å². The van der Waals surface area contributed by atoms with E-state index in [0.717, 1.165) is 12.8 Å². The van der Waals surface area contributed by atoms with Crippen LogP contribution >= 0.6 is 15.9 Å². The van der Waals surface area contributed by atoms with Crippen molar-refractivity contribution in [3.63, 3.8) is 0 Å². The number of methoxy groups -OCH3 is 1. The summed E-state index contributed by atoms with van der Waals surface area (Å²) in [5, 5.41) is 3.18. The van der Waals surface area contributed by atoms with Crippen LogP contribution in [0, 0.1) is 0 Å². The molecule has 1 rings (SSSR count). The molecule has 0 bridgehead atoms. The fourth-order valence-electron chi connectivity index (χ4n) is 1.63. The Balaban J connectivity index is 2.61. The van der Waals surface area contributed by atoms with Gasteiger partial charge in [0.15, 0.2) is 4.67 Å². The van der Waals surface area contributed by atoms with Gasteiger partial charge in [-0.15, -0.1) is 0 Å². The number of sulfonamides is 1. The quantitative estimate of drug-likeness (QED) is 0.606. The SMILES string of the molecule is COCCCCNS(=O)(=O)c1cc(CNC(C)C)oc1Br. The van der Waals surface area contributed by atoms with Gasteiger partial charge in [0, 0.05) is 32.4 Å². The second kappa shape index (κ2) is 8.89. The monoisotopic (exact) mass is 382 g/mol. The molecule has 0 aliphatic rings. The van der Waals surface area contributed by atoms with Gasteiger partial charge in [-0.25, -0.2) is 13.1 Å². The summed E-state index contributed by atoms with van der Waals surface area (Å²) in [6.45, 7) is 5.51. The zero-order valence-corrected chi connectivity index (χ0v) is 15.0. The van der Waals surface area contributed by atoms with Crippen LogP contribution < -0.4 is 10.0 Å². The Morgan fingerprint density at radius 1 is 1.38 bits per heavy atom. The molecule has 8 heteroatoms. The van der Waals surface area contributed by atoms with Gasteiger partial charge in [0.1, 0.15) is 10.7 Å². The summed E-state index contributed by atoms with van der Waals surface area (Å²) < 4.78 is 37.5. The van der Waals surface area contributed by atoms with Gasteiger partial charge in [-0.05, 0) is 28.8 Å². The molecule has 21 heavy (non-hydrogen) atoms. The Morgan fingerprint density at radius 3 is 2.71 bits per heavy atom. The molecular weight excluding hydrogens is 360 g/mol. The van der Waals surface area contributed by atoms with Gasteiger partial charge < -0.3 is 14.5 Å². The lowest BCUT2D eigenvalue weighted by molar-refractivity contribution is 0.193. The molecular formula is C13H23BrN2O4S. The first kappa shape index (κ1) is 18.6. The maximum Gasteiger partial charge on any atom is 0.244 e. The van der Waals surface area contributed by atoms with Crippen molar-refractivity contribution < 1.29 is 17.6 Å². The molecule has 0 spiro atoms. The molecule has 0 radical (unpaired) electrons. The van der Waals surface area contributed by atoms with Gasteiger partial charge >= 0.3 is 0 Å². The summed E-state index contributed by atoms with van der Waals surface area (Å²) in [5.74, 6) is 0.579. The topological polar surface area (TPSA) is 80.6 Å².